The van der Waals surface area contributed by atoms with E-state index in [9.17, 15) is 9.90 Å². The lowest BCUT2D eigenvalue weighted by molar-refractivity contribution is -0.144. The van der Waals surface area contributed by atoms with Crippen LogP contribution < -0.4 is 0 Å². The van der Waals surface area contributed by atoms with Crippen molar-refractivity contribution in [3.8, 4) is 0 Å². The lowest BCUT2D eigenvalue weighted by Gasteiger charge is -2.53. The van der Waals surface area contributed by atoms with E-state index in [1.165, 1.54) is 0 Å². The summed E-state index contributed by atoms with van der Waals surface area (Å²) in [6.45, 7) is 12.2. The van der Waals surface area contributed by atoms with Crippen LogP contribution in [0.4, 0.5) is 0 Å². The maximum atomic E-state index is 10.9. The van der Waals surface area contributed by atoms with E-state index in [1.54, 1.807) is 0 Å². The Morgan fingerprint density at radius 1 is 1.33 bits per heavy atom. The topological polar surface area (TPSA) is 59.0 Å². The molecule has 0 aromatic carbocycles. The molecule has 1 rings (SSSR count). The van der Waals surface area contributed by atoms with Gasteiger partial charge in [0.1, 0.15) is 12.7 Å². The highest BCUT2D eigenvalue weighted by atomic mass is 16.5. The summed E-state index contributed by atoms with van der Waals surface area (Å²) in [5, 5.41) is 9.79. The maximum Gasteiger partial charge on any atom is 0.330 e. The molecule has 1 unspecified atom stereocenters. The predicted octanol–water partition coefficient (Wildman–Crippen LogP) is 1.74. The number of aliphatic hydroxyl groups is 1. The Balaban J connectivity index is 2.45. The molecule has 0 aliphatic carbocycles. The first kappa shape index (κ1) is 18.1. The van der Waals surface area contributed by atoms with E-state index in [-0.39, 0.29) is 30.4 Å². The third-order valence-electron chi connectivity index (χ3n) is 4.38. The van der Waals surface area contributed by atoms with E-state index in [2.05, 4.69) is 46.2 Å². The SMILES string of the molecule is C=CC(=O)OCC(O)COC1CC(C)(C)N(C)C(C)(C)C1. The van der Waals surface area contributed by atoms with E-state index in [0.29, 0.717) is 0 Å². The first-order valence-electron chi connectivity index (χ1n) is 7.41. The number of aliphatic hydroxyl groups excluding tert-OH is 1. The van der Waals surface area contributed by atoms with Crippen LogP contribution in [-0.4, -0.2) is 59.5 Å². The smallest absolute Gasteiger partial charge is 0.330 e. The molecule has 0 spiro atoms. The number of likely N-dealkylation sites (tertiary alicyclic amines) is 1. The number of piperidine rings is 1. The highest BCUT2D eigenvalue weighted by Gasteiger charge is 2.43. The summed E-state index contributed by atoms with van der Waals surface area (Å²) in [5.74, 6) is -0.532. The zero-order valence-electron chi connectivity index (χ0n) is 13.9. The summed E-state index contributed by atoms with van der Waals surface area (Å²) in [7, 11) is 2.14. The van der Waals surface area contributed by atoms with Gasteiger partial charge < -0.3 is 14.6 Å². The van der Waals surface area contributed by atoms with Crippen molar-refractivity contribution >= 4 is 5.97 Å². The van der Waals surface area contributed by atoms with Gasteiger partial charge in [-0.2, -0.15) is 0 Å². The minimum absolute atomic E-state index is 0.0483. The molecule has 0 aromatic rings. The number of rotatable bonds is 6. The minimum atomic E-state index is -0.806. The summed E-state index contributed by atoms with van der Waals surface area (Å²) in [5.41, 5.74) is 0.0966. The molecule has 1 atom stereocenters. The molecule has 0 saturated carbocycles. The summed E-state index contributed by atoms with van der Waals surface area (Å²) in [6, 6.07) is 0. The lowest BCUT2D eigenvalue weighted by Crippen LogP contribution is -2.60. The predicted molar refractivity (Wildman–Crippen MR) is 82.1 cm³/mol. The quantitative estimate of drug-likeness (QED) is 0.598. The van der Waals surface area contributed by atoms with Crippen LogP contribution >= 0.6 is 0 Å². The number of carbonyl (C=O) groups excluding carboxylic acids is 1. The van der Waals surface area contributed by atoms with Crippen molar-refractivity contribution in [1.29, 1.82) is 0 Å². The van der Waals surface area contributed by atoms with Gasteiger partial charge in [0, 0.05) is 17.2 Å². The second-order valence-corrected chi connectivity index (χ2v) is 7.04. The fraction of sp³-hybridized carbons (Fsp3) is 0.812. The standard InChI is InChI=1S/C16H29NO4/c1-7-14(19)21-11-12(18)10-20-13-8-15(2,3)17(6)16(4,5)9-13/h7,12-13,18H,1,8-11H2,2-6H3. The van der Waals surface area contributed by atoms with E-state index in [4.69, 9.17) is 9.47 Å². The molecule has 1 aliphatic rings. The fourth-order valence-electron chi connectivity index (χ4n) is 2.93. The Hall–Kier alpha value is -0.910. The Morgan fingerprint density at radius 2 is 1.86 bits per heavy atom. The van der Waals surface area contributed by atoms with Crippen LogP contribution in [0.3, 0.4) is 0 Å². The van der Waals surface area contributed by atoms with Gasteiger partial charge in [0.2, 0.25) is 0 Å². The molecule has 5 heteroatoms. The highest BCUT2D eigenvalue weighted by molar-refractivity contribution is 5.81. The molecule has 122 valence electrons. The number of hydrogen-bond acceptors (Lipinski definition) is 5. The first-order chi connectivity index (χ1) is 9.58. The molecule has 1 N–H and O–H groups in total. The molecule has 1 aliphatic heterocycles. The van der Waals surface area contributed by atoms with Crippen molar-refractivity contribution < 1.29 is 19.4 Å². The van der Waals surface area contributed by atoms with Crippen LogP contribution in [0.25, 0.3) is 0 Å². The zero-order valence-corrected chi connectivity index (χ0v) is 13.9. The third kappa shape index (κ3) is 5.09. The summed E-state index contributed by atoms with van der Waals surface area (Å²) < 4.78 is 10.6. The van der Waals surface area contributed by atoms with Crippen molar-refractivity contribution in [3.63, 3.8) is 0 Å². The molecule has 5 nitrogen and oxygen atoms in total. The van der Waals surface area contributed by atoms with Gasteiger partial charge in [-0.1, -0.05) is 6.58 Å². The minimum Gasteiger partial charge on any atom is -0.460 e. The number of carbonyl (C=O) groups is 1. The van der Waals surface area contributed by atoms with Crippen molar-refractivity contribution in [2.24, 2.45) is 0 Å². The monoisotopic (exact) mass is 299 g/mol. The van der Waals surface area contributed by atoms with Crippen LogP contribution in [-0.2, 0) is 14.3 Å². The number of ether oxygens (including phenoxy) is 2. The number of nitrogens with zero attached hydrogens (tertiary/aromatic N) is 1. The van der Waals surface area contributed by atoms with Gasteiger partial charge in [-0.05, 0) is 47.6 Å². The third-order valence-corrected chi connectivity index (χ3v) is 4.38. The molecule has 1 fully saturated rings. The van der Waals surface area contributed by atoms with Crippen molar-refractivity contribution in [2.75, 3.05) is 20.3 Å². The van der Waals surface area contributed by atoms with Gasteiger partial charge >= 0.3 is 5.97 Å². The van der Waals surface area contributed by atoms with Gasteiger partial charge in [-0.25, -0.2) is 4.79 Å². The summed E-state index contributed by atoms with van der Waals surface area (Å²) >= 11 is 0. The summed E-state index contributed by atoms with van der Waals surface area (Å²) in [4.78, 5) is 13.3. The average molecular weight is 299 g/mol. The molecule has 1 saturated heterocycles. The van der Waals surface area contributed by atoms with Crippen LogP contribution in [0, 0.1) is 0 Å². The second-order valence-electron chi connectivity index (χ2n) is 7.04. The Bertz CT molecular complexity index is 360. The van der Waals surface area contributed by atoms with Gasteiger partial charge in [0.05, 0.1) is 12.7 Å². The van der Waals surface area contributed by atoms with E-state index < -0.39 is 12.1 Å². The molecule has 0 amide bonds. The number of hydrogen-bond donors (Lipinski definition) is 1. The van der Waals surface area contributed by atoms with E-state index in [0.717, 1.165) is 18.9 Å². The summed E-state index contributed by atoms with van der Waals surface area (Å²) in [6.07, 6.45) is 2.18. The van der Waals surface area contributed by atoms with E-state index in [1.807, 2.05) is 0 Å². The van der Waals surface area contributed by atoms with Gasteiger partial charge in [-0.3, -0.25) is 4.90 Å². The molecule has 1 heterocycles. The van der Waals surface area contributed by atoms with Crippen LogP contribution in [0.15, 0.2) is 12.7 Å². The average Bonchev–Trinajstić information content (AvgIpc) is 2.39. The van der Waals surface area contributed by atoms with Crippen LogP contribution in [0.2, 0.25) is 0 Å². The van der Waals surface area contributed by atoms with Gasteiger partial charge in [0.25, 0.3) is 0 Å². The normalized spacial score (nSPS) is 23.5. The molecule has 0 radical (unpaired) electrons. The molecular formula is C16H29NO4. The fourth-order valence-corrected chi connectivity index (χ4v) is 2.93. The molecular weight excluding hydrogens is 270 g/mol. The first-order valence-corrected chi connectivity index (χ1v) is 7.41. The maximum absolute atomic E-state index is 10.9. The second kappa shape index (κ2) is 6.90. The Morgan fingerprint density at radius 3 is 2.33 bits per heavy atom. The van der Waals surface area contributed by atoms with Crippen molar-refractivity contribution in [3.05, 3.63) is 12.7 Å². The largest absolute Gasteiger partial charge is 0.460 e. The van der Waals surface area contributed by atoms with Gasteiger partial charge in [-0.15, -0.1) is 0 Å². The highest BCUT2D eigenvalue weighted by Crippen LogP contribution is 2.38. The molecule has 0 aromatic heterocycles. The number of esters is 1. The van der Waals surface area contributed by atoms with Gasteiger partial charge in [0.15, 0.2) is 0 Å². The molecule has 21 heavy (non-hydrogen) atoms. The van der Waals surface area contributed by atoms with Crippen molar-refractivity contribution in [1.82, 2.24) is 4.90 Å². The lowest BCUT2D eigenvalue weighted by atomic mass is 9.79. The Kier molecular flexibility index (Phi) is 5.96. The van der Waals surface area contributed by atoms with Crippen molar-refractivity contribution in [2.45, 2.75) is 63.8 Å². The zero-order chi connectivity index (χ0) is 16.3. The van der Waals surface area contributed by atoms with Crippen LogP contribution in [0.1, 0.15) is 40.5 Å². The van der Waals surface area contributed by atoms with Crippen LogP contribution in [0.5, 0.6) is 0 Å². The van der Waals surface area contributed by atoms with E-state index >= 15 is 0 Å². The Labute approximate surface area is 127 Å². The molecule has 0 bridgehead atoms.